The number of fused-ring (bicyclic) bond motifs is 2. The molecule has 132 valence electrons. The van der Waals surface area contributed by atoms with Gasteiger partial charge in [-0.25, -0.2) is 9.18 Å². The number of nitrogens with zero attached hydrogens (tertiary/aromatic N) is 1. The predicted molar refractivity (Wildman–Crippen MR) is 96.3 cm³/mol. The highest BCUT2D eigenvalue weighted by Gasteiger charge is 2.41. The Kier molecular flexibility index (Phi) is 6.00. The fourth-order valence-electron chi connectivity index (χ4n) is 3.71. The van der Waals surface area contributed by atoms with Crippen LogP contribution in [0.15, 0.2) is 24.3 Å². The van der Waals surface area contributed by atoms with Crippen LogP contribution in [0.3, 0.4) is 0 Å². The van der Waals surface area contributed by atoms with E-state index in [-0.39, 0.29) is 17.9 Å². The van der Waals surface area contributed by atoms with Crippen LogP contribution < -0.4 is 11.1 Å². The lowest BCUT2D eigenvalue weighted by molar-refractivity contribution is 0.150. The average molecular weight is 351 g/mol. The van der Waals surface area contributed by atoms with E-state index in [4.69, 9.17) is 5.73 Å². The molecule has 1 aliphatic heterocycles. The Hall–Kier alpha value is -1.27. The number of nitrogens with two attached hydrogens (primary N) is 1. The number of rotatable bonds is 6. The molecule has 3 N–H and O–H groups in total. The molecule has 2 bridgehead atoms. The van der Waals surface area contributed by atoms with Crippen molar-refractivity contribution in [1.82, 2.24) is 10.2 Å². The van der Waals surface area contributed by atoms with Crippen LogP contribution in [0.1, 0.15) is 24.8 Å². The van der Waals surface area contributed by atoms with Crippen LogP contribution in [0.4, 0.5) is 9.18 Å². The third kappa shape index (κ3) is 4.22. The van der Waals surface area contributed by atoms with Crippen molar-refractivity contribution in [2.75, 3.05) is 25.4 Å². The third-order valence-electron chi connectivity index (χ3n) is 5.15. The molecule has 6 heteroatoms. The topological polar surface area (TPSA) is 58.4 Å². The van der Waals surface area contributed by atoms with Crippen molar-refractivity contribution in [3.05, 3.63) is 35.6 Å². The fraction of sp³-hybridized carbons (Fsp3) is 0.611. The minimum absolute atomic E-state index is 0.0397. The standard InChI is InChI=1S/C18H26FN3OS/c19-16-5-2-1-4-15(16)12-24-9-3-8-21-18(23)22-10-13-6-7-14(11-22)17(13)20/h1-2,4-5,13-14,17H,3,6-12,20H2,(H,21,23)/t13-,14+,17?. The monoisotopic (exact) mass is 351 g/mol. The zero-order chi connectivity index (χ0) is 16.9. The first-order chi connectivity index (χ1) is 11.6. The largest absolute Gasteiger partial charge is 0.338 e. The SMILES string of the molecule is NC1[C@@H]2CC[C@H]1CN(C(=O)NCCCSCc1ccccc1F)C2. The molecule has 3 rings (SSSR count). The molecule has 1 aromatic rings. The van der Waals surface area contributed by atoms with E-state index in [1.54, 1.807) is 17.8 Å². The van der Waals surface area contributed by atoms with Crippen molar-refractivity contribution in [1.29, 1.82) is 0 Å². The van der Waals surface area contributed by atoms with E-state index >= 15 is 0 Å². The lowest BCUT2D eigenvalue weighted by atomic mass is 9.93. The van der Waals surface area contributed by atoms with E-state index in [0.29, 0.717) is 24.1 Å². The highest BCUT2D eigenvalue weighted by atomic mass is 32.2. The predicted octanol–water partition coefficient (Wildman–Crippen LogP) is 2.83. The van der Waals surface area contributed by atoms with Gasteiger partial charge in [-0.15, -0.1) is 0 Å². The number of likely N-dealkylation sites (tertiary alicyclic amines) is 1. The molecule has 0 spiro atoms. The summed E-state index contributed by atoms with van der Waals surface area (Å²) in [5.74, 6) is 2.39. The third-order valence-corrected chi connectivity index (χ3v) is 6.24. The number of nitrogens with one attached hydrogen (secondary N) is 1. The van der Waals surface area contributed by atoms with Gasteiger partial charge < -0.3 is 16.0 Å². The van der Waals surface area contributed by atoms with E-state index in [1.807, 2.05) is 17.0 Å². The maximum atomic E-state index is 13.5. The molecule has 1 saturated heterocycles. The fourth-order valence-corrected chi connectivity index (χ4v) is 4.66. The number of hydrogen-bond acceptors (Lipinski definition) is 3. The van der Waals surface area contributed by atoms with Crippen LogP contribution >= 0.6 is 11.8 Å². The first-order valence-electron chi connectivity index (χ1n) is 8.74. The molecule has 1 aromatic carbocycles. The Balaban J connectivity index is 1.30. The lowest BCUT2D eigenvalue weighted by Crippen LogP contribution is -2.53. The van der Waals surface area contributed by atoms with Gasteiger partial charge in [0.15, 0.2) is 0 Å². The molecule has 2 fully saturated rings. The molecule has 1 aliphatic carbocycles. The number of carbonyl (C=O) groups excluding carboxylic acids is 1. The molecule has 0 radical (unpaired) electrons. The smallest absolute Gasteiger partial charge is 0.317 e. The van der Waals surface area contributed by atoms with Gasteiger partial charge in [0, 0.05) is 31.4 Å². The minimum atomic E-state index is -0.142. The van der Waals surface area contributed by atoms with Gasteiger partial charge in [-0.05, 0) is 48.5 Å². The molecule has 1 saturated carbocycles. The summed E-state index contributed by atoms with van der Waals surface area (Å²) in [6.07, 6.45) is 3.20. The molecular weight excluding hydrogens is 325 g/mol. The molecule has 1 unspecified atom stereocenters. The number of carbonyl (C=O) groups is 1. The van der Waals surface area contributed by atoms with E-state index in [1.165, 1.54) is 6.07 Å². The summed E-state index contributed by atoms with van der Waals surface area (Å²) in [5, 5.41) is 3.00. The first-order valence-corrected chi connectivity index (χ1v) is 9.90. The quantitative estimate of drug-likeness (QED) is 0.775. The van der Waals surface area contributed by atoms with Gasteiger partial charge in [0.25, 0.3) is 0 Å². The summed E-state index contributed by atoms with van der Waals surface area (Å²) in [5.41, 5.74) is 6.91. The van der Waals surface area contributed by atoms with Crippen LogP contribution in [0.2, 0.25) is 0 Å². The number of halogens is 1. The summed E-state index contributed by atoms with van der Waals surface area (Å²) in [7, 11) is 0. The molecule has 2 amide bonds. The number of benzene rings is 1. The van der Waals surface area contributed by atoms with Gasteiger partial charge in [-0.3, -0.25) is 0 Å². The Morgan fingerprint density at radius 3 is 2.71 bits per heavy atom. The van der Waals surface area contributed by atoms with Gasteiger partial charge in [0.1, 0.15) is 5.82 Å². The van der Waals surface area contributed by atoms with Crippen molar-refractivity contribution in [3.63, 3.8) is 0 Å². The second kappa shape index (κ2) is 8.21. The number of urea groups is 1. The summed E-state index contributed by atoms with van der Waals surface area (Å²) in [4.78, 5) is 14.2. The average Bonchev–Trinajstić information content (AvgIpc) is 2.80. The number of thioether (sulfide) groups is 1. The minimum Gasteiger partial charge on any atom is -0.338 e. The van der Waals surface area contributed by atoms with Crippen LogP contribution in [-0.4, -0.2) is 42.4 Å². The summed E-state index contributed by atoms with van der Waals surface area (Å²) in [6, 6.07) is 7.20. The van der Waals surface area contributed by atoms with Crippen molar-refractivity contribution in [3.8, 4) is 0 Å². The number of piperidine rings is 1. The van der Waals surface area contributed by atoms with Crippen LogP contribution in [0.25, 0.3) is 0 Å². The molecule has 1 heterocycles. The van der Waals surface area contributed by atoms with Gasteiger partial charge in [-0.1, -0.05) is 18.2 Å². The zero-order valence-corrected chi connectivity index (χ0v) is 14.7. The van der Waals surface area contributed by atoms with Gasteiger partial charge in [-0.2, -0.15) is 11.8 Å². The van der Waals surface area contributed by atoms with Crippen molar-refractivity contribution in [2.45, 2.75) is 31.1 Å². The van der Waals surface area contributed by atoms with Gasteiger partial charge in [0.05, 0.1) is 0 Å². The van der Waals surface area contributed by atoms with Crippen molar-refractivity contribution < 1.29 is 9.18 Å². The zero-order valence-electron chi connectivity index (χ0n) is 13.9. The molecule has 24 heavy (non-hydrogen) atoms. The number of amides is 2. The van der Waals surface area contributed by atoms with E-state index in [2.05, 4.69) is 5.32 Å². The molecule has 0 aromatic heterocycles. The summed E-state index contributed by atoms with van der Waals surface area (Å²) in [6.45, 7) is 2.26. The van der Waals surface area contributed by atoms with E-state index in [0.717, 1.165) is 43.7 Å². The first kappa shape index (κ1) is 17.5. The van der Waals surface area contributed by atoms with E-state index < -0.39 is 0 Å². The molecular formula is C18H26FN3OS. The van der Waals surface area contributed by atoms with Crippen LogP contribution in [0, 0.1) is 17.7 Å². The van der Waals surface area contributed by atoms with Crippen LogP contribution in [-0.2, 0) is 5.75 Å². The highest BCUT2D eigenvalue weighted by molar-refractivity contribution is 7.98. The molecule has 4 nitrogen and oxygen atoms in total. The summed E-state index contributed by atoms with van der Waals surface area (Å²) >= 11 is 1.70. The molecule has 2 aliphatic rings. The Labute approximate surface area is 147 Å². The maximum Gasteiger partial charge on any atom is 0.317 e. The lowest BCUT2D eigenvalue weighted by Gasteiger charge is -2.36. The van der Waals surface area contributed by atoms with Crippen molar-refractivity contribution in [2.24, 2.45) is 17.6 Å². The Morgan fingerprint density at radius 2 is 2.00 bits per heavy atom. The van der Waals surface area contributed by atoms with Gasteiger partial charge >= 0.3 is 6.03 Å². The Morgan fingerprint density at radius 1 is 1.29 bits per heavy atom. The second-order valence-electron chi connectivity index (χ2n) is 6.81. The normalized spacial score (nSPS) is 25.8. The second-order valence-corrected chi connectivity index (χ2v) is 7.91. The van der Waals surface area contributed by atoms with Crippen molar-refractivity contribution >= 4 is 17.8 Å². The Bertz CT molecular complexity index is 557. The van der Waals surface area contributed by atoms with E-state index in [9.17, 15) is 9.18 Å². The molecule has 3 atom stereocenters. The summed E-state index contributed by atoms with van der Waals surface area (Å²) < 4.78 is 13.5. The number of hydrogen-bond donors (Lipinski definition) is 2. The van der Waals surface area contributed by atoms with Gasteiger partial charge in [0.2, 0.25) is 0 Å². The maximum absolute atomic E-state index is 13.5. The van der Waals surface area contributed by atoms with Crippen LogP contribution in [0.5, 0.6) is 0 Å². The highest BCUT2D eigenvalue weighted by Crippen LogP contribution is 2.35.